The van der Waals surface area contributed by atoms with Crippen LogP contribution in [0.2, 0.25) is 10.0 Å². The van der Waals surface area contributed by atoms with Crippen LogP contribution in [0.1, 0.15) is 5.56 Å². The number of hydrogen-bond donors (Lipinski definition) is 2. The zero-order valence-corrected chi connectivity index (χ0v) is 13.2. The first-order valence-electron chi connectivity index (χ1n) is 5.75. The second-order valence-electron chi connectivity index (χ2n) is 4.33. The van der Waals surface area contributed by atoms with Crippen LogP contribution in [-0.2, 0) is 10.0 Å². The van der Waals surface area contributed by atoms with Gasteiger partial charge in [0, 0.05) is 10.7 Å². The monoisotopic (exact) mass is 348 g/mol. The largest absolute Gasteiger partial charge is 0.398 e. The Kier molecular flexibility index (Phi) is 4.32. The number of sulfonamides is 1. The summed E-state index contributed by atoms with van der Waals surface area (Å²) in [4.78, 5) is -0.119. The minimum atomic E-state index is -4.04. The lowest BCUT2D eigenvalue weighted by Crippen LogP contribution is -2.16. The van der Waals surface area contributed by atoms with Crippen LogP contribution in [0.5, 0.6) is 0 Å². The minimum absolute atomic E-state index is 0.119. The Labute approximate surface area is 131 Å². The number of nitrogens with two attached hydrogens (primary N) is 1. The van der Waals surface area contributed by atoms with Crippen molar-refractivity contribution in [3.63, 3.8) is 0 Å². The van der Waals surface area contributed by atoms with E-state index in [9.17, 15) is 12.8 Å². The molecule has 0 heterocycles. The van der Waals surface area contributed by atoms with E-state index < -0.39 is 15.8 Å². The van der Waals surface area contributed by atoms with E-state index in [4.69, 9.17) is 28.9 Å². The molecule has 2 rings (SSSR count). The fourth-order valence-corrected chi connectivity index (χ4v) is 3.56. The van der Waals surface area contributed by atoms with E-state index in [0.717, 1.165) is 0 Å². The van der Waals surface area contributed by atoms with Crippen LogP contribution in [-0.4, -0.2) is 8.42 Å². The van der Waals surface area contributed by atoms with Gasteiger partial charge in [-0.05, 0) is 36.8 Å². The zero-order chi connectivity index (χ0) is 15.8. The molecule has 0 radical (unpaired) electrons. The van der Waals surface area contributed by atoms with Gasteiger partial charge in [-0.2, -0.15) is 0 Å². The minimum Gasteiger partial charge on any atom is -0.398 e. The molecule has 0 aliphatic carbocycles. The third-order valence-corrected chi connectivity index (χ3v) is 4.85. The molecule has 21 heavy (non-hydrogen) atoms. The van der Waals surface area contributed by atoms with Crippen molar-refractivity contribution in [2.24, 2.45) is 0 Å². The Hall–Kier alpha value is -1.50. The number of nitrogen functional groups attached to an aromatic ring is 1. The number of halogens is 3. The SMILES string of the molecule is Cc1c(N)cc(Cl)cc1S(=O)(=O)Nc1cccc(Cl)c1F. The van der Waals surface area contributed by atoms with E-state index in [2.05, 4.69) is 4.72 Å². The van der Waals surface area contributed by atoms with Gasteiger partial charge in [0.25, 0.3) is 10.0 Å². The maximum Gasteiger partial charge on any atom is 0.262 e. The van der Waals surface area contributed by atoms with Crippen LogP contribution < -0.4 is 10.5 Å². The maximum absolute atomic E-state index is 13.8. The van der Waals surface area contributed by atoms with Gasteiger partial charge in [0.15, 0.2) is 5.82 Å². The molecule has 0 atom stereocenters. The van der Waals surface area contributed by atoms with Crippen molar-refractivity contribution >= 4 is 44.6 Å². The zero-order valence-electron chi connectivity index (χ0n) is 10.8. The molecular formula is C13H11Cl2FN2O2S. The van der Waals surface area contributed by atoms with Gasteiger partial charge in [-0.3, -0.25) is 4.72 Å². The van der Waals surface area contributed by atoms with Crippen molar-refractivity contribution in [1.29, 1.82) is 0 Å². The lowest BCUT2D eigenvalue weighted by atomic mass is 10.2. The molecule has 2 aromatic carbocycles. The summed E-state index contributed by atoms with van der Waals surface area (Å²) in [7, 11) is -4.04. The molecule has 2 aromatic rings. The van der Waals surface area contributed by atoms with E-state index in [1.807, 2.05) is 0 Å². The first kappa shape index (κ1) is 15.9. The third kappa shape index (κ3) is 3.23. The number of hydrogen-bond acceptors (Lipinski definition) is 3. The molecule has 0 fully saturated rings. The highest BCUT2D eigenvalue weighted by Crippen LogP contribution is 2.29. The average Bonchev–Trinajstić information content (AvgIpc) is 2.39. The van der Waals surface area contributed by atoms with E-state index in [0.29, 0.717) is 5.56 Å². The molecule has 8 heteroatoms. The highest BCUT2D eigenvalue weighted by atomic mass is 35.5. The van der Waals surface area contributed by atoms with Gasteiger partial charge in [-0.25, -0.2) is 12.8 Å². The van der Waals surface area contributed by atoms with Gasteiger partial charge in [0.1, 0.15) is 0 Å². The summed E-state index contributed by atoms with van der Waals surface area (Å²) in [5.74, 6) is -0.851. The summed E-state index contributed by atoms with van der Waals surface area (Å²) >= 11 is 11.4. The first-order valence-corrected chi connectivity index (χ1v) is 7.99. The van der Waals surface area contributed by atoms with Crippen LogP contribution in [0.3, 0.4) is 0 Å². The van der Waals surface area contributed by atoms with Crippen LogP contribution in [0.25, 0.3) is 0 Å². The Morgan fingerprint density at radius 2 is 1.90 bits per heavy atom. The number of rotatable bonds is 3. The molecule has 0 aromatic heterocycles. The standard InChI is InChI=1S/C13H11Cl2FN2O2S/c1-7-10(17)5-8(14)6-12(7)21(19,20)18-11-4-2-3-9(15)13(11)16/h2-6,18H,17H2,1H3. The normalized spacial score (nSPS) is 11.4. The van der Waals surface area contributed by atoms with Crippen LogP contribution in [0.15, 0.2) is 35.2 Å². The molecule has 0 bridgehead atoms. The Bertz CT molecular complexity index is 810. The summed E-state index contributed by atoms with van der Waals surface area (Å²) in [5.41, 5.74) is 6.00. The fourth-order valence-electron chi connectivity index (χ4n) is 1.74. The van der Waals surface area contributed by atoms with Gasteiger partial charge < -0.3 is 5.73 Å². The summed E-state index contributed by atoms with van der Waals surface area (Å²) in [6, 6.07) is 6.70. The molecule has 0 saturated carbocycles. The van der Waals surface area contributed by atoms with Crippen molar-refractivity contribution in [2.75, 3.05) is 10.5 Å². The quantitative estimate of drug-likeness (QED) is 0.828. The van der Waals surface area contributed by atoms with Crippen LogP contribution in [0.4, 0.5) is 15.8 Å². The molecule has 0 saturated heterocycles. The topological polar surface area (TPSA) is 72.2 Å². The predicted molar refractivity (Wildman–Crippen MR) is 82.8 cm³/mol. The number of anilines is 2. The van der Waals surface area contributed by atoms with E-state index in [1.54, 1.807) is 0 Å². The molecule has 112 valence electrons. The van der Waals surface area contributed by atoms with E-state index in [1.165, 1.54) is 37.3 Å². The Balaban J connectivity index is 2.51. The van der Waals surface area contributed by atoms with Crippen LogP contribution >= 0.6 is 23.2 Å². The van der Waals surface area contributed by atoms with Crippen molar-refractivity contribution in [2.45, 2.75) is 11.8 Å². The summed E-state index contributed by atoms with van der Waals surface area (Å²) in [5, 5.41) is -0.0115. The summed E-state index contributed by atoms with van der Waals surface area (Å²) < 4.78 is 40.6. The van der Waals surface area contributed by atoms with E-state index >= 15 is 0 Å². The first-order chi connectivity index (χ1) is 9.72. The molecule has 3 N–H and O–H groups in total. The second-order valence-corrected chi connectivity index (χ2v) is 6.82. The van der Waals surface area contributed by atoms with Gasteiger partial charge >= 0.3 is 0 Å². The molecule has 0 amide bonds. The van der Waals surface area contributed by atoms with E-state index in [-0.39, 0.29) is 26.3 Å². The lowest BCUT2D eigenvalue weighted by Gasteiger charge is -2.13. The second kappa shape index (κ2) is 5.71. The average molecular weight is 349 g/mol. The summed E-state index contributed by atoms with van der Waals surface area (Å²) in [6.45, 7) is 1.54. The van der Waals surface area contributed by atoms with Gasteiger partial charge in [0.2, 0.25) is 0 Å². The van der Waals surface area contributed by atoms with Crippen LogP contribution in [0, 0.1) is 12.7 Å². The maximum atomic E-state index is 13.8. The lowest BCUT2D eigenvalue weighted by molar-refractivity contribution is 0.598. The molecule has 4 nitrogen and oxygen atoms in total. The third-order valence-electron chi connectivity index (χ3n) is 2.85. The fraction of sp³-hybridized carbons (Fsp3) is 0.0769. The molecular weight excluding hydrogens is 338 g/mol. The number of benzene rings is 2. The Morgan fingerprint density at radius 3 is 2.57 bits per heavy atom. The van der Waals surface area contributed by atoms with Gasteiger partial charge in [-0.1, -0.05) is 29.3 Å². The predicted octanol–water partition coefficient (Wildman–Crippen LogP) is 3.82. The molecule has 0 aliphatic rings. The molecule has 0 unspecified atom stereocenters. The Morgan fingerprint density at radius 1 is 1.24 bits per heavy atom. The summed E-state index contributed by atoms with van der Waals surface area (Å²) in [6.07, 6.45) is 0. The molecule has 0 spiro atoms. The molecule has 0 aliphatic heterocycles. The highest BCUT2D eigenvalue weighted by molar-refractivity contribution is 7.92. The van der Waals surface area contributed by atoms with Gasteiger partial charge in [0.05, 0.1) is 15.6 Å². The van der Waals surface area contributed by atoms with Gasteiger partial charge in [-0.15, -0.1) is 0 Å². The van der Waals surface area contributed by atoms with Crippen molar-refractivity contribution in [1.82, 2.24) is 0 Å². The van der Waals surface area contributed by atoms with Crippen molar-refractivity contribution in [3.8, 4) is 0 Å². The van der Waals surface area contributed by atoms with Crippen molar-refractivity contribution < 1.29 is 12.8 Å². The van der Waals surface area contributed by atoms with Crippen molar-refractivity contribution in [3.05, 3.63) is 51.8 Å². The number of nitrogens with one attached hydrogen (secondary N) is 1. The smallest absolute Gasteiger partial charge is 0.262 e. The highest BCUT2D eigenvalue weighted by Gasteiger charge is 2.21.